The zero-order chi connectivity index (χ0) is 12.2. The minimum Gasteiger partial charge on any atom is -0.327 e. The van der Waals surface area contributed by atoms with Gasteiger partial charge in [-0.3, -0.25) is 4.90 Å². The topological polar surface area (TPSA) is 29.3 Å². The first-order valence-corrected chi connectivity index (χ1v) is 6.21. The normalized spacial score (nSPS) is 28.2. The van der Waals surface area contributed by atoms with Gasteiger partial charge < -0.3 is 5.73 Å². The van der Waals surface area contributed by atoms with Gasteiger partial charge in [0.25, 0.3) is 0 Å². The van der Waals surface area contributed by atoms with Crippen molar-refractivity contribution >= 4 is 0 Å². The fourth-order valence-electron chi connectivity index (χ4n) is 2.67. The van der Waals surface area contributed by atoms with E-state index in [2.05, 4.69) is 31.9 Å². The fourth-order valence-corrected chi connectivity index (χ4v) is 2.67. The minimum absolute atomic E-state index is 0.304. The van der Waals surface area contributed by atoms with Crippen LogP contribution in [0.15, 0.2) is 25.3 Å². The second kappa shape index (κ2) is 5.65. The van der Waals surface area contributed by atoms with E-state index in [-0.39, 0.29) is 0 Å². The van der Waals surface area contributed by atoms with Crippen LogP contribution in [0.2, 0.25) is 0 Å². The van der Waals surface area contributed by atoms with Crippen molar-refractivity contribution in [1.29, 1.82) is 0 Å². The lowest BCUT2D eigenvalue weighted by molar-refractivity contribution is 0.233. The van der Waals surface area contributed by atoms with Gasteiger partial charge in [-0.1, -0.05) is 26.0 Å². The van der Waals surface area contributed by atoms with Crippen LogP contribution in [0.4, 0.5) is 0 Å². The van der Waals surface area contributed by atoms with Crippen molar-refractivity contribution in [2.45, 2.75) is 32.7 Å². The first-order valence-electron chi connectivity index (χ1n) is 6.21. The molecule has 1 saturated carbocycles. The highest BCUT2D eigenvalue weighted by atomic mass is 15.1. The Bertz CT molecular complexity index is 235. The molecule has 1 fully saturated rings. The summed E-state index contributed by atoms with van der Waals surface area (Å²) in [5.74, 6) is 0.620. The minimum atomic E-state index is 0.304. The average molecular weight is 222 g/mol. The Morgan fingerprint density at radius 3 is 2.25 bits per heavy atom. The summed E-state index contributed by atoms with van der Waals surface area (Å²) in [5, 5.41) is 0. The van der Waals surface area contributed by atoms with Gasteiger partial charge >= 0.3 is 0 Å². The molecule has 2 atom stereocenters. The molecular weight excluding hydrogens is 196 g/mol. The first-order chi connectivity index (χ1) is 7.51. The molecule has 0 amide bonds. The van der Waals surface area contributed by atoms with Crippen LogP contribution in [0.1, 0.15) is 26.7 Å². The van der Waals surface area contributed by atoms with Crippen LogP contribution in [-0.4, -0.2) is 30.6 Å². The van der Waals surface area contributed by atoms with Gasteiger partial charge in [0, 0.05) is 25.7 Å². The Hall–Kier alpha value is -0.600. The standard InChI is InChI=1S/C14H26N2/c1-5-9-16(10-6-2)11-12-7-8-14(3,4)13(12)15/h5-6,12-13H,1-2,7-11,15H2,3-4H3. The van der Waals surface area contributed by atoms with E-state index in [0.29, 0.717) is 17.4 Å². The summed E-state index contributed by atoms with van der Waals surface area (Å²) in [6, 6.07) is 0.324. The molecule has 2 N–H and O–H groups in total. The largest absolute Gasteiger partial charge is 0.327 e. The van der Waals surface area contributed by atoms with Gasteiger partial charge in [-0.05, 0) is 24.2 Å². The zero-order valence-corrected chi connectivity index (χ0v) is 10.8. The number of nitrogens with two attached hydrogens (primary N) is 1. The lowest BCUT2D eigenvalue weighted by atomic mass is 9.85. The van der Waals surface area contributed by atoms with E-state index in [0.717, 1.165) is 19.6 Å². The monoisotopic (exact) mass is 222 g/mol. The fraction of sp³-hybridized carbons (Fsp3) is 0.714. The molecule has 0 radical (unpaired) electrons. The van der Waals surface area contributed by atoms with Gasteiger partial charge in [-0.15, -0.1) is 13.2 Å². The van der Waals surface area contributed by atoms with Crippen LogP contribution in [0.3, 0.4) is 0 Å². The van der Waals surface area contributed by atoms with E-state index in [9.17, 15) is 0 Å². The molecule has 2 heteroatoms. The molecule has 92 valence electrons. The molecule has 0 aromatic rings. The second-order valence-corrected chi connectivity index (χ2v) is 5.61. The molecule has 0 aliphatic heterocycles. The lowest BCUT2D eigenvalue weighted by Gasteiger charge is -2.30. The molecule has 0 saturated heterocycles. The molecule has 2 unspecified atom stereocenters. The highest BCUT2D eigenvalue weighted by molar-refractivity contribution is 4.96. The molecule has 1 aliphatic carbocycles. The molecular formula is C14H26N2. The molecule has 0 spiro atoms. The zero-order valence-electron chi connectivity index (χ0n) is 10.8. The molecule has 0 bridgehead atoms. The van der Waals surface area contributed by atoms with Crippen LogP contribution in [-0.2, 0) is 0 Å². The summed E-state index contributed by atoms with van der Waals surface area (Å²) in [6.07, 6.45) is 6.40. The van der Waals surface area contributed by atoms with E-state index in [1.54, 1.807) is 0 Å². The Labute approximate surface area is 100 Å². The highest BCUT2D eigenvalue weighted by Gasteiger charge is 2.39. The van der Waals surface area contributed by atoms with Crippen LogP contribution >= 0.6 is 0 Å². The number of rotatable bonds is 6. The maximum Gasteiger partial charge on any atom is 0.0164 e. The van der Waals surface area contributed by atoms with Crippen LogP contribution < -0.4 is 5.73 Å². The quantitative estimate of drug-likeness (QED) is 0.699. The van der Waals surface area contributed by atoms with Crippen molar-refractivity contribution in [2.24, 2.45) is 17.1 Å². The molecule has 16 heavy (non-hydrogen) atoms. The molecule has 1 aliphatic rings. The maximum atomic E-state index is 6.32. The Balaban J connectivity index is 2.52. The third-order valence-corrected chi connectivity index (χ3v) is 3.84. The Morgan fingerprint density at radius 2 is 1.88 bits per heavy atom. The third kappa shape index (κ3) is 3.19. The Kier molecular flexibility index (Phi) is 4.75. The van der Waals surface area contributed by atoms with Gasteiger partial charge in [0.15, 0.2) is 0 Å². The van der Waals surface area contributed by atoms with Gasteiger partial charge in [0.2, 0.25) is 0 Å². The first kappa shape index (κ1) is 13.5. The van der Waals surface area contributed by atoms with Gasteiger partial charge in [-0.25, -0.2) is 0 Å². The van der Waals surface area contributed by atoms with Gasteiger partial charge in [0.1, 0.15) is 0 Å². The molecule has 1 rings (SSSR count). The van der Waals surface area contributed by atoms with E-state index in [4.69, 9.17) is 5.73 Å². The van der Waals surface area contributed by atoms with E-state index in [1.807, 2.05) is 12.2 Å². The van der Waals surface area contributed by atoms with E-state index < -0.39 is 0 Å². The molecule has 0 aromatic carbocycles. The van der Waals surface area contributed by atoms with Crippen LogP contribution in [0.5, 0.6) is 0 Å². The lowest BCUT2D eigenvalue weighted by Crippen LogP contribution is -2.42. The molecule has 0 heterocycles. The number of nitrogens with zero attached hydrogens (tertiary/aromatic N) is 1. The summed E-state index contributed by atoms with van der Waals surface area (Å²) in [5.41, 5.74) is 6.62. The van der Waals surface area contributed by atoms with Crippen molar-refractivity contribution < 1.29 is 0 Å². The van der Waals surface area contributed by atoms with Gasteiger partial charge in [0.05, 0.1) is 0 Å². The molecule has 0 aromatic heterocycles. The SMILES string of the molecule is C=CCN(CC=C)CC1CCC(C)(C)C1N. The predicted molar refractivity (Wildman–Crippen MR) is 71.3 cm³/mol. The van der Waals surface area contributed by atoms with Crippen molar-refractivity contribution in [3.05, 3.63) is 25.3 Å². The van der Waals surface area contributed by atoms with Crippen molar-refractivity contribution in [1.82, 2.24) is 4.90 Å². The summed E-state index contributed by atoms with van der Waals surface area (Å²) in [6.45, 7) is 15.1. The molecule has 2 nitrogen and oxygen atoms in total. The van der Waals surface area contributed by atoms with E-state index in [1.165, 1.54) is 12.8 Å². The van der Waals surface area contributed by atoms with Crippen LogP contribution in [0, 0.1) is 11.3 Å². The van der Waals surface area contributed by atoms with Crippen LogP contribution in [0.25, 0.3) is 0 Å². The van der Waals surface area contributed by atoms with Crippen molar-refractivity contribution in [2.75, 3.05) is 19.6 Å². The number of hydrogen-bond acceptors (Lipinski definition) is 2. The average Bonchev–Trinajstić information content (AvgIpc) is 2.46. The number of hydrogen-bond donors (Lipinski definition) is 1. The predicted octanol–water partition coefficient (Wildman–Crippen LogP) is 2.42. The summed E-state index contributed by atoms with van der Waals surface area (Å²) in [4.78, 5) is 2.37. The summed E-state index contributed by atoms with van der Waals surface area (Å²) >= 11 is 0. The van der Waals surface area contributed by atoms with Crippen molar-refractivity contribution in [3.8, 4) is 0 Å². The van der Waals surface area contributed by atoms with E-state index >= 15 is 0 Å². The second-order valence-electron chi connectivity index (χ2n) is 5.61. The maximum absolute atomic E-state index is 6.32. The van der Waals surface area contributed by atoms with Crippen molar-refractivity contribution in [3.63, 3.8) is 0 Å². The third-order valence-electron chi connectivity index (χ3n) is 3.84. The highest BCUT2D eigenvalue weighted by Crippen LogP contribution is 2.40. The Morgan fingerprint density at radius 1 is 1.31 bits per heavy atom. The van der Waals surface area contributed by atoms with Gasteiger partial charge in [-0.2, -0.15) is 0 Å². The summed E-state index contributed by atoms with van der Waals surface area (Å²) < 4.78 is 0. The summed E-state index contributed by atoms with van der Waals surface area (Å²) in [7, 11) is 0. The smallest absolute Gasteiger partial charge is 0.0164 e.